The summed E-state index contributed by atoms with van der Waals surface area (Å²) in [5.74, 6) is -27.1. The molecule has 0 fully saturated rings. The van der Waals surface area contributed by atoms with Crippen LogP contribution in [0.1, 0.15) is 78.1 Å². The minimum absolute atomic E-state index is 0.0159. The van der Waals surface area contributed by atoms with Crippen LogP contribution in [-0.2, 0) is 6.15 Å². The van der Waals surface area contributed by atoms with Gasteiger partial charge in [0, 0.05) is 0 Å². The normalized spacial score (nSPS) is 14.8. The van der Waals surface area contributed by atoms with E-state index in [1.165, 1.54) is 0 Å². The molecular formula is C22H34F14O2Sn. The number of unbranched alkanes of at least 4 members (excludes halogenated alkanes) is 8. The molecule has 0 N–H and O–H groups in total. The molecule has 0 aromatic heterocycles. The predicted octanol–water partition coefficient (Wildman–Crippen LogP) is 9.23. The van der Waals surface area contributed by atoms with Gasteiger partial charge in [0.2, 0.25) is 0 Å². The first-order valence-corrected chi connectivity index (χ1v) is 17.6. The van der Waals surface area contributed by atoms with Crippen LogP contribution in [0, 0.1) is 0 Å². The van der Waals surface area contributed by atoms with E-state index in [9.17, 15) is 43.9 Å². The molecule has 0 rings (SSSR count). The van der Waals surface area contributed by atoms with E-state index >= 15 is 17.6 Å². The van der Waals surface area contributed by atoms with Gasteiger partial charge in [-0.15, -0.1) is 0 Å². The summed E-state index contributed by atoms with van der Waals surface area (Å²) < 4.78 is 193. The molecule has 0 aliphatic heterocycles. The Morgan fingerprint density at radius 1 is 0.462 bits per heavy atom. The van der Waals surface area contributed by atoms with Crippen molar-refractivity contribution < 1.29 is 67.6 Å². The van der Waals surface area contributed by atoms with Crippen molar-refractivity contribution in [2.45, 2.75) is 110 Å². The number of rotatable bonds is 22. The summed E-state index contributed by atoms with van der Waals surface area (Å²) in [5.41, 5.74) is 0. The molecule has 39 heavy (non-hydrogen) atoms. The van der Waals surface area contributed by atoms with E-state index in [-0.39, 0.29) is 12.8 Å². The van der Waals surface area contributed by atoms with Crippen molar-refractivity contribution in [3.8, 4) is 0 Å². The van der Waals surface area contributed by atoms with Gasteiger partial charge in [-0.1, -0.05) is 0 Å². The van der Waals surface area contributed by atoms with Crippen molar-refractivity contribution in [1.29, 1.82) is 0 Å². The van der Waals surface area contributed by atoms with E-state index in [1.54, 1.807) is 13.8 Å². The number of hydrogen-bond acceptors (Lipinski definition) is 2. The first-order valence-electron chi connectivity index (χ1n) is 12.4. The molecule has 0 unspecified atom stereocenters. The van der Waals surface area contributed by atoms with E-state index < -0.39 is 90.2 Å². The first-order chi connectivity index (χ1) is 17.7. The molecule has 17 heteroatoms. The summed E-state index contributed by atoms with van der Waals surface area (Å²) in [5, 5.41) is 0. The molecule has 0 spiro atoms. The fourth-order valence-electron chi connectivity index (χ4n) is 3.48. The predicted molar refractivity (Wildman–Crippen MR) is 117 cm³/mol. The molecule has 0 atom stereocenters. The van der Waals surface area contributed by atoms with Crippen LogP contribution in [0.4, 0.5) is 61.5 Å². The summed E-state index contributed by atoms with van der Waals surface area (Å²) >= 11 is -9.48. The van der Waals surface area contributed by atoms with Crippen LogP contribution in [-0.4, -0.2) is 77.3 Å². The quantitative estimate of drug-likeness (QED) is 0.0633. The molecule has 0 heterocycles. The molecule has 0 saturated carbocycles. The van der Waals surface area contributed by atoms with E-state index in [4.69, 9.17) is 0 Å². The average Bonchev–Trinajstić information content (AvgIpc) is 2.85. The molecule has 236 valence electrons. The average molecular weight is 715 g/mol. The van der Waals surface area contributed by atoms with Crippen molar-refractivity contribution in [1.82, 2.24) is 0 Å². The zero-order valence-electron chi connectivity index (χ0n) is 21.5. The van der Waals surface area contributed by atoms with Crippen LogP contribution in [0.15, 0.2) is 0 Å². The van der Waals surface area contributed by atoms with Crippen LogP contribution in [0.5, 0.6) is 0 Å². The summed E-state index contributed by atoms with van der Waals surface area (Å²) in [6, 6.07) is 0. The fraction of sp³-hybridized carbons (Fsp3) is 1.00. The fourth-order valence-corrected chi connectivity index (χ4v) is 12.8. The Balaban J connectivity index is 7.01. The molecule has 0 amide bonds. The Hall–Kier alpha value is -0.261. The van der Waals surface area contributed by atoms with Gasteiger partial charge in [0.1, 0.15) is 0 Å². The standard InChI is InChI=1S/2C7H15O.2C4H2F7.Sn/c2*1-2-3-4-5-6-7-8;2*5-1-3(8,9)4(10,11)2(6)7;/h2*2-7H2,1H3;2*1H2;/q2*-1;;;+2. The topological polar surface area (TPSA) is 18.5 Å². The maximum absolute atomic E-state index is 15.3. The van der Waals surface area contributed by atoms with E-state index in [0.717, 1.165) is 0 Å². The molecule has 0 aromatic rings. The third kappa shape index (κ3) is 7.98. The molecule has 0 aliphatic carbocycles. The Bertz CT molecular complexity index is 648. The Kier molecular flexibility index (Phi) is 15.2. The zero-order chi connectivity index (χ0) is 30.8. The SMILES string of the molecule is CCCCCCC[O][Sn]([O]CCCCCCC)([C](F)(F)C(F)(F)C(F)(F)CF)[C](F)(F)C(F)(F)C(F)(F)CF. The van der Waals surface area contributed by atoms with Crippen LogP contribution in [0.2, 0.25) is 0 Å². The van der Waals surface area contributed by atoms with E-state index in [0.29, 0.717) is 38.5 Å². The van der Waals surface area contributed by atoms with Gasteiger partial charge in [0.05, 0.1) is 0 Å². The third-order valence-corrected chi connectivity index (χ3v) is 16.0. The summed E-state index contributed by atoms with van der Waals surface area (Å²) in [4.78, 5) is 0. The number of alkyl halides is 14. The van der Waals surface area contributed by atoms with Gasteiger partial charge in [0.15, 0.2) is 0 Å². The van der Waals surface area contributed by atoms with Crippen molar-refractivity contribution in [2.24, 2.45) is 0 Å². The van der Waals surface area contributed by atoms with Gasteiger partial charge in [-0.2, -0.15) is 0 Å². The van der Waals surface area contributed by atoms with Crippen LogP contribution < -0.4 is 0 Å². The Morgan fingerprint density at radius 3 is 1.00 bits per heavy atom. The van der Waals surface area contributed by atoms with Crippen molar-refractivity contribution in [3.05, 3.63) is 0 Å². The van der Waals surface area contributed by atoms with Gasteiger partial charge in [-0.25, -0.2) is 0 Å². The summed E-state index contributed by atoms with van der Waals surface area (Å²) in [6.07, 6.45) is 1.76. The maximum atomic E-state index is 15.3. The Labute approximate surface area is 223 Å². The van der Waals surface area contributed by atoms with Crippen LogP contribution in [0.25, 0.3) is 0 Å². The first kappa shape index (κ1) is 38.7. The van der Waals surface area contributed by atoms with Crippen LogP contribution in [0.3, 0.4) is 0 Å². The molecule has 0 saturated heterocycles. The minimum atomic E-state index is -9.48. The third-order valence-electron chi connectivity index (χ3n) is 5.98. The zero-order valence-corrected chi connectivity index (χ0v) is 24.4. The molecule has 0 aromatic carbocycles. The van der Waals surface area contributed by atoms with E-state index in [2.05, 4.69) is 6.15 Å². The second-order valence-corrected chi connectivity index (χ2v) is 17.9. The second-order valence-electron chi connectivity index (χ2n) is 9.12. The van der Waals surface area contributed by atoms with Gasteiger partial charge >= 0.3 is 223 Å². The number of hydrogen-bond donors (Lipinski definition) is 0. The van der Waals surface area contributed by atoms with Gasteiger partial charge in [0.25, 0.3) is 0 Å². The second kappa shape index (κ2) is 15.3. The Morgan fingerprint density at radius 2 is 0.744 bits per heavy atom. The van der Waals surface area contributed by atoms with Gasteiger partial charge < -0.3 is 0 Å². The molecule has 0 radical (unpaired) electrons. The van der Waals surface area contributed by atoms with Crippen LogP contribution >= 0.6 is 0 Å². The van der Waals surface area contributed by atoms with Gasteiger partial charge in [-0.05, 0) is 0 Å². The van der Waals surface area contributed by atoms with Gasteiger partial charge in [-0.3, -0.25) is 0 Å². The summed E-state index contributed by atoms with van der Waals surface area (Å²) in [7, 11) is 0. The molecule has 2 nitrogen and oxygen atoms in total. The molecular weight excluding hydrogens is 681 g/mol. The van der Waals surface area contributed by atoms with E-state index in [1.807, 2.05) is 0 Å². The molecule has 0 bridgehead atoms. The van der Waals surface area contributed by atoms with Crippen molar-refractivity contribution >= 4 is 19.2 Å². The van der Waals surface area contributed by atoms with Crippen molar-refractivity contribution in [2.75, 3.05) is 26.6 Å². The number of halogens is 14. The molecule has 0 aliphatic rings. The van der Waals surface area contributed by atoms with Crippen molar-refractivity contribution in [3.63, 3.8) is 0 Å². The summed E-state index contributed by atoms with van der Waals surface area (Å²) in [6.45, 7) is -6.53. The monoisotopic (exact) mass is 716 g/mol.